The Balaban J connectivity index is 2.27. The second-order valence-electron chi connectivity index (χ2n) is 6.26. The summed E-state index contributed by atoms with van der Waals surface area (Å²) in [6.07, 6.45) is 1.02. The highest BCUT2D eigenvalue weighted by Crippen LogP contribution is 2.55. The summed E-state index contributed by atoms with van der Waals surface area (Å²) in [6, 6.07) is 10.4. The Morgan fingerprint density at radius 3 is 2.60 bits per heavy atom. The molecule has 0 radical (unpaired) electrons. The molecule has 0 aliphatic heterocycles. The van der Waals surface area contributed by atoms with Crippen molar-refractivity contribution in [2.24, 2.45) is 11.1 Å². The van der Waals surface area contributed by atoms with Gasteiger partial charge in [0.05, 0.1) is 12.6 Å². The van der Waals surface area contributed by atoms with Crippen LogP contribution >= 0.6 is 11.3 Å². The largest absolute Gasteiger partial charge is 0.496 e. The van der Waals surface area contributed by atoms with Crippen molar-refractivity contribution in [2.45, 2.75) is 32.7 Å². The molecule has 3 rings (SSSR count). The minimum atomic E-state index is -0.486. The minimum absolute atomic E-state index is 0.0174. The summed E-state index contributed by atoms with van der Waals surface area (Å²) in [5.41, 5.74) is 8.84. The highest BCUT2D eigenvalue weighted by molar-refractivity contribution is 7.12. The molecule has 0 saturated heterocycles. The molecule has 2 nitrogen and oxygen atoms in total. The molecule has 1 heterocycles. The van der Waals surface area contributed by atoms with Gasteiger partial charge in [0.2, 0.25) is 0 Å². The summed E-state index contributed by atoms with van der Waals surface area (Å²) in [7, 11) is 1.71. The Bertz CT molecular complexity index is 659. The summed E-state index contributed by atoms with van der Waals surface area (Å²) in [5.74, 6) is 0.875. The van der Waals surface area contributed by atoms with E-state index in [1.54, 1.807) is 7.11 Å². The van der Waals surface area contributed by atoms with Gasteiger partial charge >= 0.3 is 0 Å². The molecule has 0 amide bonds. The average Bonchev–Trinajstić information content (AvgIpc) is 2.85. The first-order chi connectivity index (χ1) is 9.40. The number of rotatable bonds is 2. The van der Waals surface area contributed by atoms with E-state index in [-0.39, 0.29) is 5.41 Å². The topological polar surface area (TPSA) is 35.2 Å². The van der Waals surface area contributed by atoms with Gasteiger partial charge < -0.3 is 10.5 Å². The summed E-state index contributed by atoms with van der Waals surface area (Å²) in [5, 5.41) is 0. The van der Waals surface area contributed by atoms with E-state index in [4.69, 9.17) is 10.5 Å². The van der Waals surface area contributed by atoms with E-state index < -0.39 is 5.54 Å². The first kappa shape index (κ1) is 13.7. The van der Waals surface area contributed by atoms with Crippen molar-refractivity contribution >= 4 is 11.3 Å². The molecule has 2 N–H and O–H groups in total. The lowest BCUT2D eigenvalue weighted by Crippen LogP contribution is -2.48. The second kappa shape index (κ2) is 4.34. The molecule has 2 aromatic rings. The van der Waals surface area contributed by atoms with Gasteiger partial charge in [0.1, 0.15) is 5.75 Å². The molecule has 3 heteroatoms. The van der Waals surface area contributed by atoms with E-state index in [2.05, 4.69) is 32.9 Å². The molecule has 1 aliphatic carbocycles. The first-order valence-electron chi connectivity index (χ1n) is 6.92. The SMILES string of the molecule is COc1ccccc1C1(N)c2cc(C)sc2CC1(C)C. The number of aryl methyl sites for hydroxylation is 1. The summed E-state index contributed by atoms with van der Waals surface area (Å²) in [6.45, 7) is 6.65. The van der Waals surface area contributed by atoms with Gasteiger partial charge in [0, 0.05) is 15.3 Å². The van der Waals surface area contributed by atoms with Crippen LogP contribution in [0.5, 0.6) is 5.75 Å². The first-order valence-corrected chi connectivity index (χ1v) is 7.74. The van der Waals surface area contributed by atoms with Gasteiger partial charge in [0.25, 0.3) is 0 Å². The van der Waals surface area contributed by atoms with Crippen molar-refractivity contribution in [3.05, 3.63) is 51.2 Å². The third-order valence-electron chi connectivity index (χ3n) is 4.56. The molecule has 20 heavy (non-hydrogen) atoms. The van der Waals surface area contributed by atoms with Gasteiger partial charge in [-0.3, -0.25) is 0 Å². The predicted molar refractivity (Wildman–Crippen MR) is 84.5 cm³/mol. The zero-order valence-corrected chi connectivity index (χ0v) is 13.3. The van der Waals surface area contributed by atoms with Gasteiger partial charge in [-0.05, 0) is 36.5 Å². The molecule has 1 atom stereocenters. The number of fused-ring (bicyclic) bond motifs is 1. The molecule has 0 bridgehead atoms. The molecule has 1 unspecified atom stereocenters. The van der Waals surface area contributed by atoms with E-state index >= 15 is 0 Å². The van der Waals surface area contributed by atoms with Gasteiger partial charge in [-0.2, -0.15) is 0 Å². The number of methoxy groups -OCH3 is 1. The van der Waals surface area contributed by atoms with Crippen LogP contribution in [-0.4, -0.2) is 7.11 Å². The van der Waals surface area contributed by atoms with Gasteiger partial charge in [-0.15, -0.1) is 11.3 Å². The minimum Gasteiger partial charge on any atom is -0.496 e. The molecule has 1 aliphatic rings. The maximum absolute atomic E-state index is 6.99. The van der Waals surface area contributed by atoms with Crippen LogP contribution in [0.25, 0.3) is 0 Å². The smallest absolute Gasteiger partial charge is 0.124 e. The average molecular weight is 287 g/mol. The second-order valence-corrected chi connectivity index (χ2v) is 7.60. The van der Waals surface area contributed by atoms with Crippen LogP contribution in [0.15, 0.2) is 30.3 Å². The third-order valence-corrected chi connectivity index (χ3v) is 5.61. The number of ether oxygens (including phenoxy) is 1. The number of benzene rings is 1. The Hall–Kier alpha value is -1.32. The maximum Gasteiger partial charge on any atom is 0.124 e. The zero-order valence-electron chi connectivity index (χ0n) is 12.5. The number of para-hydroxylation sites is 1. The summed E-state index contributed by atoms with van der Waals surface area (Å²) in [4.78, 5) is 2.75. The summed E-state index contributed by atoms with van der Waals surface area (Å²) >= 11 is 1.87. The molecule has 1 aromatic heterocycles. The monoisotopic (exact) mass is 287 g/mol. The standard InChI is InChI=1S/C17H21NOS/c1-11-9-13-15(20-11)10-16(2,3)17(13,18)12-7-5-6-8-14(12)19-4/h5-9H,10,18H2,1-4H3. The van der Waals surface area contributed by atoms with Crippen LogP contribution < -0.4 is 10.5 Å². The Morgan fingerprint density at radius 2 is 1.90 bits per heavy atom. The fourth-order valence-corrected chi connectivity index (χ4v) is 4.74. The lowest BCUT2D eigenvalue weighted by atomic mass is 9.69. The quantitative estimate of drug-likeness (QED) is 0.910. The highest BCUT2D eigenvalue weighted by atomic mass is 32.1. The van der Waals surface area contributed by atoms with Crippen LogP contribution in [-0.2, 0) is 12.0 Å². The van der Waals surface area contributed by atoms with Crippen molar-refractivity contribution in [3.63, 3.8) is 0 Å². The molecule has 0 spiro atoms. The summed E-state index contributed by atoms with van der Waals surface area (Å²) < 4.78 is 5.56. The van der Waals surface area contributed by atoms with Crippen molar-refractivity contribution in [3.8, 4) is 5.75 Å². The number of hydrogen-bond donors (Lipinski definition) is 1. The van der Waals surface area contributed by atoms with E-state index in [1.807, 2.05) is 29.5 Å². The molecular formula is C17H21NOS. The van der Waals surface area contributed by atoms with E-state index in [0.717, 1.165) is 17.7 Å². The van der Waals surface area contributed by atoms with Crippen LogP contribution in [0.4, 0.5) is 0 Å². The normalized spacial score (nSPS) is 23.6. The molecule has 106 valence electrons. The predicted octanol–water partition coefficient (Wildman–Crippen LogP) is 3.85. The molecule has 1 aromatic carbocycles. The zero-order chi connectivity index (χ0) is 14.5. The third kappa shape index (κ3) is 1.66. The molecular weight excluding hydrogens is 266 g/mol. The van der Waals surface area contributed by atoms with Crippen molar-refractivity contribution in [1.29, 1.82) is 0 Å². The lowest BCUT2D eigenvalue weighted by Gasteiger charge is -2.40. The number of hydrogen-bond acceptors (Lipinski definition) is 3. The van der Waals surface area contributed by atoms with Gasteiger partial charge in [-0.25, -0.2) is 0 Å². The van der Waals surface area contributed by atoms with Crippen molar-refractivity contribution < 1.29 is 4.74 Å². The Kier molecular flexibility index (Phi) is 2.96. The fraction of sp³-hybridized carbons (Fsp3) is 0.412. The van der Waals surface area contributed by atoms with Crippen molar-refractivity contribution in [1.82, 2.24) is 0 Å². The van der Waals surface area contributed by atoms with E-state index in [9.17, 15) is 0 Å². The van der Waals surface area contributed by atoms with E-state index in [0.29, 0.717) is 0 Å². The molecule has 0 saturated carbocycles. The Morgan fingerprint density at radius 1 is 1.20 bits per heavy atom. The van der Waals surface area contributed by atoms with E-state index in [1.165, 1.54) is 15.3 Å². The van der Waals surface area contributed by atoms with Gasteiger partial charge in [-0.1, -0.05) is 32.0 Å². The maximum atomic E-state index is 6.99. The van der Waals surface area contributed by atoms with Crippen LogP contribution in [0.2, 0.25) is 0 Å². The highest BCUT2D eigenvalue weighted by Gasteiger charge is 2.52. The van der Waals surface area contributed by atoms with Crippen LogP contribution in [0.3, 0.4) is 0 Å². The number of nitrogens with two attached hydrogens (primary N) is 1. The lowest BCUT2D eigenvalue weighted by molar-refractivity contribution is 0.227. The van der Waals surface area contributed by atoms with Crippen LogP contribution in [0.1, 0.15) is 34.7 Å². The van der Waals surface area contributed by atoms with Crippen molar-refractivity contribution in [2.75, 3.05) is 7.11 Å². The Labute approximate surface area is 124 Å². The molecule has 0 fully saturated rings. The van der Waals surface area contributed by atoms with Gasteiger partial charge in [0.15, 0.2) is 0 Å². The van der Waals surface area contributed by atoms with Crippen LogP contribution in [0, 0.1) is 12.3 Å². The fourth-order valence-electron chi connectivity index (χ4n) is 3.41. The number of thiophene rings is 1.